The molecule has 0 saturated carbocycles. The Morgan fingerprint density at radius 3 is 2.83 bits per heavy atom. The fraction of sp³-hybridized carbons (Fsp3) is 0.500. The van der Waals surface area contributed by atoms with E-state index in [0.29, 0.717) is 0 Å². The molecule has 0 amide bonds. The molecule has 2 rings (SSSR count). The number of hydrogen-bond donors (Lipinski definition) is 2. The molecule has 0 unspecified atom stereocenters. The predicted molar refractivity (Wildman–Crippen MR) is 104 cm³/mol. The molecule has 1 aliphatic rings. The van der Waals surface area contributed by atoms with Crippen molar-refractivity contribution in [2.24, 2.45) is 4.99 Å². The zero-order valence-corrected chi connectivity index (χ0v) is 15.8. The van der Waals surface area contributed by atoms with Gasteiger partial charge < -0.3 is 15.4 Å². The van der Waals surface area contributed by atoms with E-state index in [9.17, 15) is 0 Å². The van der Waals surface area contributed by atoms with Crippen LogP contribution in [0.2, 0.25) is 5.02 Å². The van der Waals surface area contributed by atoms with Crippen molar-refractivity contribution >= 4 is 29.3 Å². The van der Waals surface area contributed by atoms with Crippen molar-refractivity contribution in [2.75, 3.05) is 38.6 Å². The van der Waals surface area contributed by atoms with E-state index >= 15 is 0 Å². The third kappa shape index (κ3) is 7.60. The molecular weight excluding hydrogens is 342 g/mol. The fourth-order valence-corrected chi connectivity index (χ4v) is 3.21. The van der Waals surface area contributed by atoms with Crippen LogP contribution >= 0.6 is 23.4 Å². The summed E-state index contributed by atoms with van der Waals surface area (Å²) in [5.41, 5.74) is 1.46. The summed E-state index contributed by atoms with van der Waals surface area (Å²) >= 11 is 7.71. The Balaban J connectivity index is 1.68. The molecule has 0 radical (unpaired) electrons. The van der Waals surface area contributed by atoms with Gasteiger partial charge in [-0.1, -0.05) is 23.3 Å². The van der Waals surface area contributed by atoms with Gasteiger partial charge in [0.25, 0.3) is 0 Å². The molecule has 0 spiro atoms. The second-order valence-electron chi connectivity index (χ2n) is 5.43. The topological polar surface area (TPSA) is 45.7 Å². The van der Waals surface area contributed by atoms with Gasteiger partial charge >= 0.3 is 0 Å². The number of guanidine groups is 1. The zero-order valence-electron chi connectivity index (χ0n) is 14.2. The van der Waals surface area contributed by atoms with E-state index < -0.39 is 0 Å². The minimum absolute atomic E-state index is 0.749. The minimum Gasteiger partial charge on any atom is -0.377 e. The lowest BCUT2D eigenvalue weighted by Gasteiger charge is -2.14. The monoisotopic (exact) mass is 367 g/mol. The van der Waals surface area contributed by atoms with Crippen LogP contribution in [0.15, 0.2) is 45.8 Å². The molecule has 0 bridgehead atoms. The van der Waals surface area contributed by atoms with Crippen molar-refractivity contribution in [3.63, 3.8) is 0 Å². The Kier molecular flexibility index (Phi) is 9.10. The summed E-state index contributed by atoms with van der Waals surface area (Å²) in [5, 5.41) is 7.46. The van der Waals surface area contributed by atoms with Crippen LogP contribution < -0.4 is 10.6 Å². The largest absolute Gasteiger partial charge is 0.377 e. The van der Waals surface area contributed by atoms with Crippen LogP contribution in [0.4, 0.5) is 0 Å². The molecule has 132 valence electrons. The lowest BCUT2D eigenvalue weighted by atomic mass is 10.1. The molecule has 4 nitrogen and oxygen atoms in total. The first-order valence-corrected chi connectivity index (χ1v) is 9.80. The van der Waals surface area contributed by atoms with Crippen LogP contribution in [0.25, 0.3) is 0 Å². The van der Waals surface area contributed by atoms with Crippen LogP contribution in [-0.4, -0.2) is 44.6 Å². The number of nitrogens with zero attached hydrogens (tertiary/aromatic N) is 1. The molecule has 1 aliphatic heterocycles. The van der Waals surface area contributed by atoms with E-state index in [2.05, 4.69) is 28.6 Å². The van der Waals surface area contributed by atoms with Gasteiger partial charge in [-0.3, -0.25) is 4.99 Å². The molecule has 0 aromatic heterocycles. The van der Waals surface area contributed by atoms with Gasteiger partial charge in [-0.05, 0) is 44.0 Å². The maximum atomic E-state index is 5.90. The minimum atomic E-state index is 0.749. The van der Waals surface area contributed by atoms with Crippen molar-refractivity contribution in [3.8, 4) is 0 Å². The Bertz CT molecular complexity index is 546. The summed E-state index contributed by atoms with van der Waals surface area (Å²) in [6.07, 6.45) is 4.23. The van der Waals surface area contributed by atoms with Gasteiger partial charge in [0.2, 0.25) is 0 Å². The zero-order chi connectivity index (χ0) is 17.0. The van der Waals surface area contributed by atoms with Gasteiger partial charge in [-0.25, -0.2) is 0 Å². The van der Waals surface area contributed by atoms with Crippen molar-refractivity contribution in [1.29, 1.82) is 0 Å². The summed E-state index contributed by atoms with van der Waals surface area (Å²) in [7, 11) is 0. The Morgan fingerprint density at radius 2 is 2.12 bits per heavy atom. The van der Waals surface area contributed by atoms with E-state index in [-0.39, 0.29) is 0 Å². The Morgan fingerprint density at radius 1 is 1.29 bits per heavy atom. The normalized spacial score (nSPS) is 15.1. The lowest BCUT2D eigenvalue weighted by Crippen LogP contribution is -2.38. The number of aliphatic imine (C=N–C) groups is 1. The molecule has 2 N–H and O–H groups in total. The molecule has 0 atom stereocenters. The molecule has 6 heteroatoms. The van der Waals surface area contributed by atoms with Crippen molar-refractivity contribution in [3.05, 3.63) is 40.9 Å². The smallest absolute Gasteiger partial charge is 0.191 e. The molecule has 1 aromatic carbocycles. The van der Waals surface area contributed by atoms with Gasteiger partial charge in [0.15, 0.2) is 5.96 Å². The molecule has 0 aliphatic carbocycles. The van der Waals surface area contributed by atoms with E-state index in [1.165, 1.54) is 10.5 Å². The summed E-state index contributed by atoms with van der Waals surface area (Å²) in [6.45, 7) is 6.23. The van der Waals surface area contributed by atoms with Crippen LogP contribution in [0.1, 0.15) is 19.8 Å². The Labute approximate surface area is 154 Å². The maximum Gasteiger partial charge on any atom is 0.191 e. The number of nitrogens with one attached hydrogen (secondary N) is 2. The summed E-state index contributed by atoms with van der Waals surface area (Å²) in [4.78, 5) is 5.88. The average Bonchev–Trinajstić information content (AvgIpc) is 2.61. The predicted octanol–water partition coefficient (Wildman–Crippen LogP) is 3.72. The number of ether oxygens (including phenoxy) is 1. The van der Waals surface area contributed by atoms with E-state index in [1.807, 2.05) is 36.0 Å². The highest BCUT2D eigenvalue weighted by Gasteiger charge is 2.03. The summed E-state index contributed by atoms with van der Waals surface area (Å²) < 4.78 is 5.33. The van der Waals surface area contributed by atoms with Crippen molar-refractivity contribution in [2.45, 2.75) is 24.7 Å². The van der Waals surface area contributed by atoms with Gasteiger partial charge in [0, 0.05) is 35.3 Å². The van der Waals surface area contributed by atoms with E-state index in [1.54, 1.807) is 0 Å². The number of rotatable bonds is 8. The van der Waals surface area contributed by atoms with Gasteiger partial charge in [-0.2, -0.15) is 0 Å². The fourth-order valence-electron chi connectivity index (χ4n) is 2.31. The molecule has 0 saturated heterocycles. The van der Waals surface area contributed by atoms with E-state index in [0.717, 1.165) is 62.4 Å². The van der Waals surface area contributed by atoms with Gasteiger partial charge in [0.1, 0.15) is 0 Å². The highest BCUT2D eigenvalue weighted by molar-refractivity contribution is 7.99. The maximum absolute atomic E-state index is 5.90. The number of thioether (sulfide) groups is 1. The van der Waals surface area contributed by atoms with Crippen molar-refractivity contribution in [1.82, 2.24) is 10.6 Å². The SMILES string of the molecule is CCNC(=NCCC1=CCOCC1)NCCSc1ccc(Cl)cc1. The van der Waals surface area contributed by atoms with Gasteiger partial charge in [-0.15, -0.1) is 11.8 Å². The Hall–Kier alpha value is -1.17. The number of hydrogen-bond acceptors (Lipinski definition) is 3. The first-order chi connectivity index (χ1) is 11.8. The first kappa shape index (κ1) is 19.2. The molecule has 1 heterocycles. The average molecular weight is 368 g/mol. The molecule has 0 fully saturated rings. The van der Waals surface area contributed by atoms with Crippen molar-refractivity contribution < 1.29 is 4.74 Å². The first-order valence-electron chi connectivity index (χ1n) is 8.44. The van der Waals surface area contributed by atoms with Crippen LogP contribution in [0.5, 0.6) is 0 Å². The molecule has 1 aromatic rings. The quantitative estimate of drug-likeness (QED) is 0.242. The van der Waals surface area contributed by atoms with Gasteiger partial charge in [0.05, 0.1) is 13.2 Å². The number of benzene rings is 1. The summed E-state index contributed by atoms with van der Waals surface area (Å²) in [6, 6.07) is 7.95. The second kappa shape index (κ2) is 11.4. The standard InChI is InChI=1S/C18H26ClN3OS/c1-2-20-18(21-10-7-15-8-12-23-13-9-15)22-11-14-24-17-5-3-16(19)4-6-17/h3-6,8H,2,7,9-14H2,1H3,(H2,20,21,22). The molecule has 24 heavy (non-hydrogen) atoms. The van der Waals surface area contributed by atoms with Crippen LogP contribution in [0.3, 0.4) is 0 Å². The van der Waals surface area contributed by atoms with Crippen LogP contribution in [0, 0.1) is 0 Å². The number of halogens is 1. The molecular formula is C18H26ClN3OS. The van der Waals surface area contributed by atoms with Crippen LogP contribution in [-0.2, 0) is 4.74 Å². The third-order valence-corrected chi connectivity index (χ3v) is 4.85. The van der Waals surface area contributed by atoms with E-state index in [4.69, 9.17) is 16.3 Å². The third-order valence-electron chi connectivity index (χ3n) is 3.58. The highest BCUT2D eigenvalue weighted by Crippen LogP contribution is 2.19. The lowest BCUT2D eigenvalue weighted by molar-refractivity contribution is 0.153. The highest BCUT2D eigenvalue weighted by atomic mass is 35.5. The summed E-state index contributed by atoms with van der Waals surface area (Å²) in [5.74, 6) is 1.87. The second-order valence-corrected chi connectivity index (χ2v) is 7.03.